The van der Waals surface area contributed by atoms with Gasteiger partial charge in [0, 0.05) is 38.9 Å². The number of hydrogen-bond acceptors (Lipinski definition) is 6. The summed E-state index contributed by atoms with van der Waals surface area (Å²) < 4.78 is 42.9. The van der Waals surface area contributed by atoms with Crippen LogP contribution >= 0.6 is 0 Å². The zero-order valence-electron chi connectivity index (χ0n) is 16.7. The smallest absolute Gasteiger partial charge is 0.251 e. The number of sulfonamides is 1. The van der Waals surface area contributed by atoms with Crippen LogP contribution in [-0.4, -0.2) is 77.4 Å². The van der Waals surface area contributed by atoms with Crippen molar-refractivity contribution in [2.75, 3.05) is 46.6 Å². The lowest BCUT2D eigenvalue weighted by Gasteiger charge is -2.34. The van der Waals surface area contributed by atoms with Gasteiger partial charge in [-0.25, -0.2) is 8.42 Å². The SMILES string of the molecule is COCCOCCCNC(=O)c1ccc(S(=O)(=O)N2CC(C)OC(C)C2)cc1. The standard InChI is InChI=1S/C19H30N2O6S/c1-15-13-21(14-16(2)27-15)28(23,24)18-7-5-17(6-8-18)19(22)20-9-4-10-26-12-11-25-3/h5-8,15-16H,4,9-14H2,1-3H3,(H,20,22). The third-order valence-electron chi connectivity index (χ3n) is 4.32. The van der Waals surface area contributed by atoms with E-state index in [1.807, 2.05) is 13.8 Å². The van der Waals surface area contributed by atoms with Gasteiger partial charge in [0.25, 0.3) is 5.91 Å². The van der Waals surface area contributed by atoms with E-state index in [2.05, 4.69) is 5.32 Å². The van der Waals surface area contributed by atoms with Crippen LogP contribution in [0, 0.1) is 0 Å². The van der Waals surface area contributed by atoms with Gasteiger partial charge >= 0.3 is 0 Å². The van der Waals surface area contributed by atoms with Crippen molar-refractivity contribution >= 4 is 15.9 Å². The van der Waals surface area contributed by atoms with Gasteiger partial charge < -0.3 is 19.5 Å². The fourth-order valence-corrected chi connectivity index (χ4v) is 4.57. The topological polar surface area (TPSA) is 94.2 Å². The Morgan fingerprint density at radius 1 is 1.14 bits per heavy atom. The molecule has 0 saturated carbocycles. The van der Waals surface area contributed by atoms with Crippen molar-refractivity contribution in [3.05, 3.63) is 29.8 Å². The van der Waals surface area contributed by atoms with Crippen LogP contribution in [0.5, 0.6) is 0 Å². The van der Waals surface area contributed by atoms with Gasteiger partial charge in [0.15, 0.2) is 0 Å². The lowest BCUT2D eigenvalue weighted by Crippen LogP contribution is -2.48. The number of carbonyl (C=O) groups excluding carboxylic acids is 1. The molecule has 0 radical (unpaired) electrons. The molecule has 1 fully saturated rings. The van der Waals surface area contributed by atoms with Gasteiger partial charge in [0.1, 0.15) is 0 Å². The Morgan fingerprint density at radius 3 is 2.39 bits per heavy atom. The van der Waals surface area contributed by atoms with Crippen molar-refractivity contribution in [2.24, 2.45) is 0 Å². The number of nitrogens with zero attached hydrogens (tertiary/aromatic N) is 1. The third kappa shape index (κ3) is 6.52. The average molecular weight is 415 g/mol. The van der Waals surface area contributed by atoms with Gasteiger partial charge in [-0.1, -0.05) is 0 Å². The molecule has 1 aliphatic rings. The summed E-state index contributed by atoms with van der Waals surface area (Å²) in [5.74, 6) is -0.241. The first-order chi connectivity index (χ1) is 13.3. The van der Waals surface area contributed by atoms with Crippen LogP contribution in [0.2, 0.25) is 0 Å². The molecular weight excluding hydrogens is 384 g/mol. The van der Waals surface area contributed by atoms with E-state index in [1.54, 1.807) is 7.11 Å². The zero-order valence-corrected chi connectivity index (χ0v) is 17.5. The number of benzene rings is 1. The van der Waals surface area contributed by atoms with Gasteiger partial charge in [-0.15, -0.1) is 0 Å². The van der Waals surface area contributed by atoms with Crippen LogP contribution in [0.1, 0.15) is 30.6 Å². The maximum Gasteiger partial charge on any atom is 0.251 e. The molecule has 0 bridgehead atoms. The van der Waals surface area contributed by atoms with E-state index >= 15 is 0 Å². The van der Waals surface area contributed by atoms with E-state index in [4.69, 9.17) is 14.2 Å². The van der Waals surface area contributed by atoms with Crippen LogP contribution in [0.4, 0.5) is 0 Å². The third-order valence-corrected chi connectivity index (χ3v) is 6.17. The Morgan fingerprint density at radius 2 is 1.79 bits per heavy atom. The molecule has 1 aromatic rings. The quantitative estimate of drug-likeness (QED) is 0.580. The fraction of sp³-hybridized carbons (Fsp3) is 0.632. The normalized spacial score (nSPS) is 20.8. The zero-order chi connectivity index (χ0) is 20.6. The molecule has 1 aromatic carbocycles. The minimum Gasteiger partial charge on any atom is -0.382 e. The first-order valence-electron chi connectivity index (χ1n) is 9.45. The van der Waals surface area contributed by atoms with Crippen molar-refractivity contribution < 1.29 is 27.4 Å². The molecule has 1 amide bonds. The predicted molar refractivity (Wildman–Crippen MR) is 105 cm³/mol. The van der Waals surface area contributed by atoms with Crippen molar-refractivity contribution in [3.8, 4) is 0 Å². The van der Waals surface area contributed by atoms with Crippen molar-refractivity contribution in [3.63, 3.8) is 0 Å². The van der Waals surface area contributed by atoms with Gasteiger partial charge in [-0.3, -0.25) is 4.79 Å². The monoisotopic (exact) mass is 414 g/mol. The van der Waals surface area contributed by atoms with Gasteiger partial charge in [0.2, 0.25) is 10.0 Å². The molecule has 1 aliphatic heterocycles. The lowest BCUT2D eigenvalue weighted by molar-refractivity contribution is -0.0440. The van der Waals surface area contributed by atoms with Crippen LogP contribution in [0.25, 0.3) is 0 Å². The fourth-order valence-electron chi connectivity index (χ4n) is 2.98. The summed E-state index contributed by atoms with van der Waals surface area (Å²) >= 11 is 0. The molecule has 1 saturated heterocycles. The number of morpholine rings is 1. The second-order valence-electron chi connectivity index (χ2n) is 6.82. The Balaban J connectivity index is 1.87. The molecule has 2 atom stereocenters. The van der Waals surface area contributed by atoms with E-state index in [-0.39, 0.29) is 23.0 Å². The van der Waals surface area contributed by atoms with E-state index in [0.29, 0.717) is 51.4 Å². The lowest BCUT2D eigenvalue weighted by atomic mass is 10.2. The maximum absolute atomic E-state index is 12.8. The van der Waals surface area contributed by atoms with E-state index in [1.165, 1.54) is 28.6 Å². The first kappa shape index (κ1) is 22.8. The van der Waals surface area contributed by atoms with Crippen LogP contribution < -0.4 is 5.32 Å². The van der Waals surface area contributed by atoms with E-state index in [0.717, 1.165) is 0 Å². The van der Waals surface area contributed by atoms with Gasteiger partial charge in [-0.05, 0) is 44.5 Å². The number of rotatable bonds is 10. The van der Waals surface area contributed by atoms with Gasteiger partial charge in [0.05, 0.1) is 30.3 Å². The molecule has 0 aromatic heterocycles. The molecule has 9 heteroatoms. The summed E-state index contributed by atoms with van der Waals surface area (Å²) in [5, 5.41) is 2.80. The van der Waals surface area contributed by atoms with E-state index in [9.17, 15) is 13.2 Å². The number of carbonyl (C=O) groups is 1. The minimum atomic E-state index is -3.61. The average Bonchev–Trinajstić information content (AvgIpc) is 2.66. The summed E-state index contributed by atoms with van der Waals surface area (Å²) in [4.78, 5) is 12.4. The molecule has 0 aliphatic carbocycles. The Labute approximate surface area is 167 Å². The first-order valence-corrected chi connectivity index (χ1v) is 10.9. The highest BCUT2D eigenvalue weighted by Crippen LogP contribution is 2.21. The molecule has 0 spiro atoms. The predicted octanol–water partition coefficient (Wildman–Crippen LogP) is 1.27. The van der Waals surface area contributed by atoms with Crippen LogP contribution in [0.15, 0.2) is 29.2 Å². The van der Waals surface area contributed by atoms with Crippen LogP contribution in [0.3, 0.4) is 0 Å². The molecule has 1 N–H and O–H groups in total. The second-order valence-corrected chi connectivity index (χ2v) is 8.76. The summed E-state index contributed by atoms with van der Waals surface area (Å²) in [6.45, 7) is 6.45. The molecule has 8 nitrogen and oxygen atoms in total. The van der Waals surface area contributed by atoms with Crippen LogP contribution in [-0.2, 0) is 24.2 Å². The maximum atomic E-state index is 12.8. The molecule has 2 unspecified atom stereocenters. The van der Waals surface area contributed by atoms with Crippen molar-refractivity contribution in [1.82, 2.24) is 9.62 Å². The summed E-state index contributed by atoms with van der Waals surface area (Å²) in [6.07, 6.45) is 0.388. The largest absolute Gasteiger partial charge is 0.382 e. The Bertz CT molecular complexity index is 712. The number of nitrogens with one attached hydrogen (secondary N) is 1. The van der Waals surface area contributed by atoms with E-state index < -0.39 is 10.0 Å². The summed E-state index contributed by atoms with van der Waals surface area (Å²) in [5.41, 5.74) is 0.419. The summed E-state index contributed by atoms with van der Waals surface area (Å²) in [7, 11) is -1.99. The number of methoxy groups -OCH3 is 1. The summed E-state index contributed by atoms with van der Waals surface area (Å²) in [6, 6.07) is 6.01. The molecule has 158 valence electrons. The van der Waals surface area contributed by atoms with Crippen molar-refractivity contribution in [2.45, 2.75) is 37.4 Å². The highest BCUT2D eigenvalue weighted by Gasteiger charge is 2.32. The molecular formula is C19H30N2O6S. The minimum absolute atomic E-state index is 0.151. The number of amides is 1. The highest BCUT2D eigenvalue weighted by atomic mass is 32.2. The molecule has 2 rings (SSSR count). The molecule has 28 heavy (non-hydrogen) atoms. The Kier molecular flexibility index (Phi) is 8.84. The molecule has 1 heterocycles. The number of ether oxygens (including phenoxy) is 3. The second kappa shape index (κ2) is 10.9. The highest BCUT2D eigenvalue weighted by molar-refractivity contribution is 7.89. The Hall–Kier alpha value is -1.52. The van der Waals surface area contributed by atoms with Crippen molar-refractivity contribution in [1.29, 1.82) is 0 Å². The van der Waals surface area contributed by atoms with Gasteiger partial charge in [-0.2, -0.15) is 4.31 Å². The number of hydrogen-bond donors (Lipinski definition) is 1.